The fourth-order valence-corrected chi connectivity index (χ4v) is 1.87. The van der Waals surface area contributed by atoms with Crippen LogP contribution < -0.4 is 14.9 Å². The number of ether oxygens (including phenoxy) is 2. The molecule has 1 aromatic carbocycles. The zero-order valence-electron chi connectivity index (χ0n) is 11.4. The average Bonchev–Trinajstić information content (AvgIpc) is 2.46. The molecule has 2 N–H and O–H groups in total. The minimum atomic E-state index is -1.57. The molecular weight excluding hydrogens is 257 g/mol. The van der Waals surface area contributed by atoms with Gasteiger partial charge in [0.2, 0.25) is 5.88 Å². The van der Waals surface area contributed by atoms with Gasteiger partial charge in [-0.1, -0.05) is 17.7 Å². The molecule has 0 spiro atoms. The third-order valence-corrected chi connectivity index (χ3v) is 2.87. The molecule has 6 heteroatoms. The second-order valence-electron chi connectivity index (χ2n) is 4.38. The van der Waals surface area contributed by atoms with E-state index in [0.29, 0.717) is 17.1 Å². The summed E-state index contributed by atoms with van der Waals surface area (Å²) in [4.78, 5) is 4.08. The molecule has 20 heavy (non-hydrogen) atoms. The summed E-state index contributed by atoms with van der Waals surface area (Å²) in [6.07, 6.45) is 1.64. The van der Waals surface area contributed by atoms with Crippen LogP contribution in [0.4, 0.5) is 0 Å². The van der Waals surface area contributed by atoms with Gasteiger partial charge < -0.3 is 19.5 Å². The van der Waals surface area contributed by atoms with Gasteiger partial charge >= 0.3 is 7.12 Å². The Hall–Kier alpha value is -2.05. The van der Waals surface area contributed by atoms with Crippen molar-refractivity contribution in [2.45, 2.75) is 13.5 Å². The quantitative estimate of drug-likeness (QED) is 0.783. The van der Waals surface area contributed by atoms with Gasteiger partial charge in [-0.3, -0.25) is 0 Å². The second kappa shape index (κ2) is 6.41. The second-order valence-corrected chi connectivity index (χ2v) is 4.38. The number of methoxy groups -OCH3 is 1. The molecule has 0 amide bonds. The van der Waals surface area contributed by atoms with E-state index in [1.54, 1.807) is 31.5 Å². The van der Waals surface area contributed by atoms with Crippen molar-refractivity contribution in [2.75, 3.05) is 7.11 Å². The van der Waals surface area contributed by atoms with Crippen molar-refractivity contribution in [1.29, 1.82) is 0 Å². The molecule has 2 rings (SSSR count). The maximum Gasteiger partial charge on any atom is 0.492 e. The van der Waals surface area contributed by atoms with E-state index < -0.39 is 7.12 Å². The lowest BCUT2D eigenvalue weighted by atomic mass is 9.79. The molecule has 0 saturated heterocycles. The molecule has 2 aromatic rings. The predicted molar refractivity (Wildman–Crippen MR) is 76.1 cm³/mol. The molecule has 0 unspecified atom stereocenters. The molecule has 1 aromatic heterocycles. The largest absolute Gasteiger partial charge is 0.492 e. The van der Waals surface area contributed by atoms with Crippen LogP contribution in [0.25, 0.3) is 0 Å². The summed E-state index contributed by atoms with van der Waals surface area (Å²) in [5, 5.41) is 18.7. The zero-order chi connectivity index (χ0) is 14.5. The Morgan fingerprint density at radius 1 is 1.25 bits per heavy atom. The van der Waals surface area contributed by atoms with Gasteiger partial charge in [0, 0.05) is 11.7 Å². The molecule has 0 atom stereocenters. The first-order valence-electron chi connectivity index (χ1n) is 6.19. The highest BCUT2D eigenvalue weighted by Gasteiger charge is 2.17. The molecule has 104 valence electrons. The smallest absolute Gasteiger partial charge is 0.489 e. The van der Waals surface area contributed by atoms with E-state index in [1.807, 2.05) is 19.1 Å². The highest BCUT2D eigenvalue weighted by atomic mass is 16.5. The summed E-state index contributed by atoms with van der Waals surface area (Å²) in [6, 6.07) is 8.88. The highest BCUT2D eigenvalue weighted by Crippen LogP contribution is 2.17. The van der Waals surface area contributed by atoms with Gasteiger partial charge in [-0.15, -0.1) is 0 Å². The molecule has 0 aliphatic carbocycles. The van der Waals surface area contributed by atoms with E-state index >= 15 is 0 Å². The maximum absolute atomic E-state index is 9.37. The summed E-state index contributed by atoms with van der Waals surface area (Å²) < 4.78 is 10.8. The van der Waals surface area contributed by atoms with Crippen molar-refractivity contribution >= 4 is 12.6 Å². The van der Waals surface area contributed by atoms with Crippen molar-refractivity contribution in [1.82, 2.24) is 4.98 Å². The first-order valence-corrected chi connectivity index (χ1v) is 6.19. The molecule has 0 aliphatic rings. The fourth-order valence-electron chi connectivity index (χ4n) is 1.87. The number of benzene rings is 1. The Labute approximate surface area is 118 Å². The van der Waals surface area contributed by atoms with Gasteiger partial charge in [0.1, 0.15) is 12.4 Å². The Balaban J connectivity index is 2.19. The first kappa shape index (κ1) is 14.4. The van der Waals surface area contributed by atoms with E-state index in [4.69, 9.17) is 9.47 Å². The molecule has 5 nitrogen and oxygen atoms in total. The van der Waals surface area contributed by atoms with Crippen LogP contribution in [0.1, 0.15) is 11.1 Å². The molecule has 0 fully saturated rings. The Bertz CT molecular complexity index is 589. The minimum Gasteiger partial charge on any atom is -0.489 e. The number of aryl methyl sites for hydroxylation is 1. The van der Waals surface area contributed by atoms with Crippen molar-refractivity contribution in [3.05, 3.63) is 47.7 Å². The Morgan fingerprint density at radius 2 is 2.05 bits per heavy atom. The number of aromatic nitrogens is 1. The lowest BCUT2D eigenvalue weighted by molar-refractivity contribution is 0.294. The number of pyridine rings is 1. The van der Waals surface area contributed by atoms with Crippen molar-refractivity contribution in [3.63, 3.8) is 0 Å². The van der Waals surface area contributed by atoms with Crippen LogP contribution in [-0.4, -0.2) is 29.3 Å². The van der Waals surface area contributed by atoms with E-state index in [-0.39, 0.29) is 6.61 Å². The predicted octanol–water partition coefficient (Wildman–Crippen LogP) is 0.657. The summed E-state index contributed by atoms with van der Waals surface area (Å²) >= 11 is 0. The third-order valence-electron chi connectivity index (χ3n) is 2.87. The van der Waals surface area contributed by atoms with Crippen LogP contribution in [0.2, 0.25) is 0 Å². The van der Waals surface area contributed by atoms with Crippen LogP contribution in [0, 0.1) is 6.92 Å². The number of hydrogen-bond donors (Lipinski definition) is 2. The monoisotopic (exact) mass is 273 g/mol. The number of nitrogens with zero attached hydrogens (tertiary/aromatic N) is 1. The van der Waals surface area contributed by atoms with E-state index in [1.165, 1.54) is 0 Å². The van der Waals surface area contributed by atoms with Gasteiger partial charge in [0.15, 0.2) is 0 Å². The van der Waals surface area contributed by atoms with Crippen LogP contribution in [-0.2, 0) is 6.61 Å². The maximum atomic E-state index is 9.37. The molecule has 1 heterocycles. The molecule has 0 bridgehead atoms. The van der Waals surface area contributed by atoms with E-state index in [2.05, 4.69) is 4.98 Å². The molecular formula is C14H16BNO4. The van der Waals surface area contributed by atoms with Crippen molar-refractivity contribution in [3.8, 4) is 11.6 Å². The lowest BCUT2D eigenvalue weighted by Crippen LogP contribution is -2.31. The standard InChI is InChI=1S/C14H16BNO4/c1-10-5-6-13(12(8-10)15(17)18)20-9-11-4-3-7-16-14(11)19-2/h3-8,17-18H,9H2,1-2H3. The van der Waals surface area contributed by atoms with Crippen LogP contribution in [0.15, 0.2) is 36.5 Å². The topological polar surface area (TPSA) is 71.8 Å². The van der Waals surface area contributed by atoms with Gasteiger partial charge in [-0.2, -0.15) is 0 Å². The molecule has 0 aliphatic heterocycles. The molecule has 0 saturated carbocycles. The summed E-state index contributed by atoms with van der Waals surface area (Å²) in [6.45, 7) is 2.11. The Morgan fingerprint density at radius 3 is 2.75 bits per heavy atom. The average molecular weight is 273 g/mol. The van der Waals surface area contributed by atoms with E-state index in [9.17, 15) is 10.0 Å². The zero-order valence-corrected chi connectivity index (χ0v) is 11.4. The minimum absolute atomic E-state index is 0.236. The van der Waals surface area contributed by atoms with Crippen molar-refractivity contribution < 1.29 is 19.5 Å². The normalized spacial score (nSPS) is 10.2. The number of rotatable bonds is 5. The molecule has 0 radical (unpaired) electrons. The third kappa shape index (κ3) is 3.29. The van der Waals surface area contributed by atoms with Gasteiger partial charge in [0.05, 0.1) is 12.7 Å². The lowest BCUT2D eigenvalue weighted by Gasteiger charge is -2.13. The van der Waals surface area contributed by atoms with Gasteiger partial charge in [-0.05, 0) is 25.1 Å². The van der Waals surface area contributed by atoms with Crippen LogP contribution >= 0.6 is 0 Å². The summed E-state index contributed by atoms with van der Waals surface area (Å²) in [7, 11) is -0.0265. The summed E-state index contributed by atoms with van der Waals surface area (Å²) in [5.41, 5.74) is 2.06. The fraction of sp³-hybridized carbons (Fsp3) is 0.214. The van der Waals surface area contributed by atoms with E-state index in [0.717, 1.165) is 11.1 Å². The summed E-state index contributed by atoms with van der Waals surface area (Å²) in [5.74, 6) is 0.919. The first-order chi connectivity index (χ1) is 9.61. The van der Waals surface area contributed by atoms with Crippen molar-refractivity contribution in [2.24, 2.45) is 0 Å². The van der Waals surface area contributed by atoms with Gasteiger partial charge in [-0.25, -0.2) is 4.98 Å². The highest BCUT2D eigenvalue weighted by molar-refractivity contribution is 6.59. The SMILES string of the molecule is COc1ncccc1COc1ccc(C)cc1B(O)O. The van der Waals surface area contributed by atoms with Crippen LogP contribution in [0.5, 0.6) is 11.6 Å². The Kier molecular flexibility index (Phi) is 4.60. The van der Waals surface area contributed by atoms with Crippen LogP contribution in [0.3, 0.4) is 0 Å². The van der Waals surface area contributed by atoms with Gasteiger partial charge in [0.25, 0.3) is 0 Å². The number of hydrogen-bond acceptors (Lipinski definition) is 5.